The first-order valence-corrected chi connectivity index (χ1v) is 8.70. The molecule has 0 heterocycles. The molecular formula is C17H20O4S. The van der Waals surface area contributed by atoms with Crippen LogP contribution in [0.1, 0.15) is 19.8 Å². The standard InChI is InChI=1S/C17H20O4S/c1-3-4-17(18)22(19,20)16-11-7-14(8-12-16)13-5-9-15(21-2)10-6-13/h5-12,17-18H,3-4H2,1-2H3. The van der Waals surface area contributed by atoms with Crippen LogP contribution in [0.3, 0.4) is 0 Å². The first-order valence-electron chi connectivity index (χ1n) is 7.15. The minimum atomic E-state index is -3.68. The van der Waals surface area contributed by atoms with E-state index in [-0.39, 0.29) is 11.3 Å². The molecule has 0 aliphatic carbocycles. The van der Waals surface area contributed by atoms with Gasteiger partial charge in [0.25, 0.3) is 0 Å². The topological polar surface area (TPSA) is 63.6 Å². The van der Waals surface area contributed by atoms with Crippen molar-refractivity contribution >= 4 is 9.84 Å². The molecule has 118 valence electrons. The summed E-state index contributed by atoms with van der Waals surface area (Å²) in [7, 11) is -2.07. The number of ether oxygens (including phenoxy) is 1. The minimum absolute atomic E-state index is 0.144. The maximum absolute atomic E-state index is 12.2. The molecule has 22 heavy (non-hydrogen) atoms. The lowest BCUT2D eigenvalue weighted by atomic mass is 10.1. The largest absolute Gasteiger partial charge is 0.497 e. The molecule has 0 fully saturated rings. The highest BCUT2D eigenvalue weighted by molar-refractivity contribution is 7.91. The van der Waals surface area contributed by atoms with E-state index in [4.69, 9.17) is 4.74 Å². The van der Waals surface area contributed by atoms with Crippen LogP contribution in [0.25, 0.3) is 11.1 Å². The average molecular weight is 320 g/mol. The van der Waals surface area contributed by atoms with Gasteiger partial charge in [-0.15, -0.1) is 0 Å². The Balaban J connectivity index is 2.26. The third-order valence-electron chi connectivity index (χ3n) is 3.50. The van der Waals surface area contributed by atoms with Crippen molar-refractivity contribution in [2.75, 3.05) is 7.11 Å². The Labute approximate surface area is 131 Å². The maximum Gasteiger partial charge on any atom is 0.204 e. The molecule has 1 unspecified atom stereocenters. The van der Waals surface area contributed by atoms with Crippen LogP contribution < -0.4 is 4.74 Å². The van der Waals surface area contributed by atoms with Crippen molar-refractivity contribution in [2.45, 2.75) is 30.1 Å². The van der Waals surface area contributed by atoms with Crippen molar-refractivity contribution in [1.82, 2.24) is 0 Å². The van der Waals surface area contributed by atoms with Gasteiger partial charge < -0.3 is 9.84 Å². The number of hydrogen-bond donors (Lipinski definition) is 1. The van der Waals surface area contributed by atoms with E-state index in [9.17, 15) is 13.5 Å². The quantitative estimate of drug-likeness (QED) is 0.887. The Kier molecular flexibility index (Phi) is 5.21. The zero-order valence-electron chi connectivity index (χ0n) is 12.7. The fourth-order valence-corrected chi connectivity index (χ4v) is 3.56. The Morgan fingerprint density at radius 3 is 1.95 bits per heavy atom. The van der Waals surface area contributed by atoms with Gasteiger partial charge in [-0.25, -0.2) is 8.42 Å². The van der Waals surface area contributed by atoms with Crippen molar-refractivity contribution in [3.63, 3.8) is 0 Å². The third-order valence-corrected chi connectivity index (χ3v) is 5.38. The molecule has 1 atom stereocenters. The molecule has 1 N–H and O–H groups in total. The van der Waals surface area contributed by atoms with Gasteiger partial charge >= 0.3 is 0 Å². The van der Waals surface area contributed by atoms with Gasteiger partial charge in [0.15, 0.2) is 5.44 Å². The highest BCUT2D eigenvalue weighted by atomic mass is 32.2. The van der Waals surface area contributed by atoms with Crippen molar-refractivity contribution in [1.29, 1.82) is 0 Å². The Morgan fingerprint density at radius 1 is 1.00 bits per heavy atom. The summed E-state index contributed by atoms with van der Waals surface area (Å²) in [4.78, 5) is 0.144. The Bertz CT molecular complexity index is 703. The normalized spacial score (nSPS) is 12.9. The first kappa shape index (κ1) is 16.5. The molecule has 4 nitrogen and oxygen atoms in total. The molecule has 5 heteroatoms. The highest BCUT2D eigenvalue weighted by Crippen LogP contribution is 2.25. The van der Waals surface area contributed by atoms with Crippen LogP contribution in [-0.2, 0) is 9.84 Å². The zero-order chi connectivity index (χ0) is 16.2. The van der Waals surface area contributed by atoms with Gasteiger partial charge in [0.05, 0.1) is 12.0 Å². The molecule has 0 saturated heterocycles. The van der Waals surface area contributed by atoms with Crippen LogP contribution in [0, 0.1) is 0 Å². The predicted octanol–water partition coefficient (Wildman–Crippen LogP) is 3.25. The van der Waals surface area contributed by atoms with Crippen LogP contribution in [-0.4, -0.2) is 26.1 Å². The molecule has 0 saturated carbocycles. The van der Waals surface area contributed by atoms with E-state index in [1.54, 1.807) is 19.2 Å². The van der Waals surface area contributed by atoms with Gasteiger partial charge in [0.1, 0.15) is 5.75 Å². The van der Waals surface area contributed by atoms with E-state index in [0.717, 1.165) is 16.9 Å². The predicted molar refractivity (Wildman–Crippen MR) is 86.5 cm³/mol. The van der Waals surface area contributed by atoms with Gasteiger partial charge in [-0.1, -0.05) is 37.6 Å². The second kappa shape index (κ2) is 6.94. The molecule has 2 rings (SSSR count). The summed E-state index contributed by atoms with van der Waals surface area (Å²) >= 11 is 0. The number of aliphatic hydroxyl groups excluding tert-OH is 1. The Hall–Kier alpha value is -1.85. The van der Waals surface area contributed by atoms with Crippen molar-refractivity contribution < 1.29 is 18.3 Å². The lowest BCUT2D eigenvalue weighted by Gasteiger charge is -2.11. The van der Waals surface area contributed by atoms with Crippen LogP contribution in [0.15, 0.2) is 53.4 Å². The van der Waals surface area contributed by atoms with Crippen molar-refractivity contribution in [2.24, 2.45) is 0 Å². The smallest absolute Gasteiger partial charge is 0.204 e. The summed E-state index contributed by atoms with van der Waals surface area (Å²) in [5, 5.41) is 9.77. The number of rotatable bonds is 6. The van der Waals surface area contributed by atoms with Crippen molar-refractivity contribution in [3.8, 4) is 16.9 Å². The summed E-state index contributed by atoms with van der Waals surface area (Å²) in [5.41, 5.74) is 0.537. The van der Waals surface area contributed by atoms with Gasteiger partial charge in [-0.3, -0.25) is 0 Å². The average Bonchev–Trinajstić information content (AvgIpc) is 2.55. The minimum Gasteiger partial charge on any atom is -0.497 e. The molecule has 2 aromatic carbocycles. The molecule has 0 radical (unpaired) electrons. The molecule has 0 amide bonds. The summed E-state index contributed by atoms with van der Waals surface area (Å²) in [5.74, 6) is 0.769. The third kappa shape index (κ3) is 3.48. The first-order chi connectivity index (χ1) is 10.5. The van der Waals surface area contributed by atoms with Gasteiger partial charge in [0.2, 0.25) is 9.84 Å². The number of methoxy groups -OCH3 is 1. The van der Waals surface area contributed by atoms with E-state index in [0.29, 0.717) is 6.42 Å². The maximum atomic E-state index is 12.2. The summed E-state index contributed by atoms with van der Waals surface area (Å²) in [6.45, 7) is 1.84. The van der Waals surface area contributed by atoms with Crippen LogP contribution in [0.4, 0.5) is 0 Å². The molecule has 0 spiro atoms. The highest BCUT2D eigenvalue weighted by Gasteiger charge is 2.24. The van der Waals surface area contributed by atoms with Crippen LogP contribution in [0.5, 0.6) is 5.75 Å². The molecule has 0 bridgehead atoms. The van der Waals surface area contributed by atoms with Gasteiger partial charge in [-0.2, -0.15) is 0 Å². The monoisotopic (exact) mass is 320 g/mol. The molecule has 0 aromatic heterocycles. The van der Waals surface area contributed by atoms with E-state index in [1.165, 1.54) is 12.1 Å². The number of sulfone groups is 1. The van der Waals surface area contributed by atoms with Crippen LogP contribution >= 0.6 is 0 Å². The van der Waals surface area contributed by atoms with E-state index >= 15 is 0 Å². The fraction of sp³-hybridized carbons (Fsp3) is 0.294. The van der Waals surface area contributed by atoms with E-state index < -0.39 is 15.3 Å². The van der Waals surface area contributed by atoms with E-state index in [2.05, 4.69) is 0 Å². The second-order valence-corrected chi connectivity index (χ2v) is 7.15. The second-order valence-electron chi connectivity index (χ2n) is 5.04. The molecule has 2 aromatic rings. The number of benzene rings is 2. The van der Waals surface area contributed by atoms with Gasteiger partial charge in [0, 0.05) is 0 Å². The molecule has 0 aliphatic heterocycles. The van der Waals surface area contributed by atoms with E-state index in [1.807, 2.05) is 31.2 Å². The molecular weight excluding hydrogens is 300 g/mol. The zero-order valence-corrected chi connectivity index (χ0v) is 13.5. The van der Waals surface area contributed by atoms with Crippen molar-refractivity contribution in [3.05, 3.63) is 48.5 Å². The summed E-state index contributed by atoms with van der Waals surface area (Å²) in [6.07, 6.45) is 0.854. The fourth-order valence-electron chi connectivity index (χ4n) is 2.18. The lowest BCUT2D eigenvalue weighted by molar-refractivity contribution is 0.237. The number of hydrogen-bond acceptors (Lipinski definition) is 4. The lowest BCUT2D eigenvalue weighted by Crippen LogP contribution is -2.20. The summed E-state index contributed by atoms with van der Waals surface area (Å²) < 4.78 is 29.5. The summed E-state index contributed by atoms with van der Waals surface area (Å²) in [6, 6.07) is 14.1. The number of aliphatic hydroxyl groups is 1. The molecule has 0 aliphatic rings. The SMILES string of the molecule is CCCC(O)S(=O)(=O)c1ccc(-c2ccc(OC)cc2)cc1. The van der Waals surface area contributed by atoms with Crippen LogP contribution in [0.2, 0.25) is 0 Å². The Morgan fingerprint density at radius 2 is 1.50 bits per heavy atom. The van der Waals surface area contributed by atoms with Gasteiger partial charge in [-0.05, 0) is 41.8 Å².